The summed E-state index contributed by atoms with van der Waals surface area (Å²) in [5.74, 6) is 0.620. The van der Waals surface area contributed by atoms with Crippen molar-refractivity contribution in [2.45, 2.75) is 38.3 Å². The first kappa shape index (κ1) is 15.4. The lowest BCUT2D eigenvalue weighted by Gasteiger charge is -2.31. The van der Waals surface area contributed by atoms with Gasteiger partial charge in [-0.05, 0) is 49.6 Å². The third-order valence-electron chi connectivity index (χ3n) is 4.19. The van der Waals surface area contributed by atoms with E-state index >= 15 is 0 Å². The maximum Gasteiger partial charge on any atom is 0.279 e. The standard InChI is InChI=1S/C14H23N3O2S2/c18-21(19,16-11-14-2-1-9-20-14)17-7-5-12(6-8-17)10-15-13-3-4-13/h1-2,9,12-13,15-16H,3-8,10-11H2. The predicted molar refractivity (Wildman–Crippen MR) is 85.4 cm³/mol. The molecule has 7 heteroatoms. The molecule has 0 spiro atoms. The van der Waals surface area contributed by atoms with Gasteiger partial charge in [-0.2, -0.15) is 17.4 Å². The summed E-state index contributed by atoms with van der Waals surface area (Å²) in [6.45, 7) is 2.71. The Kier molecular flexibility index (Phi) is 4.96. The quantitative estimate of drug-likeness (QED) is 0.798. The largest absolute Gasteiger partial charge is 0.314 e. The fourth-order valence-electron chi connectivity index (χ4n) is 2.64. The zero-order valence-corrected chi connectivity index (χ0v) is 13.8. The van der Waals surface area contributed by atoms with Gasteiger partial charge in [-0.15, -0.1) is 11.3 Å². The van der Waals surface area contributed by atoms with Crippen LogP contribution in [0.25, 0.3) is 0 Å². The van der Waals surface area contributed by atoms with Crippen molar-refractivity contribution in [3.8, 4) is 0 Å². The van der Waals surface area contributed by atoms with Gasteiger partial charge in [0.05, 0.1) is 0 Å². The fourth-order valence-corrected chi connectivity index (χ4v) is 4.59. The average molecular weight is 329 g/mol. The minimum Gasteiger partial charge on any atom is -0.314 e. The minimum atomic E-state index is -3.33. The van der Waals surface area contributed by atoms with Crippen molar-refractivity contribution in [1.29, 1.82) is 0 Å². The number of nitrogens with zero attached hydrogens (tertiary/aromatic N) is 1. The van der Waals surface area contributed by atoms with E-state index in [9.17, 15) is 8.42 Å². The lowest BCUT2D eigenvalue weighted by Crippen LogP contribution is -2.45. The monoisotopic (exact) mass is 329 g/mol. The molecule has 1 aliphatic heterocycles. The van der Waals surface area contributed by atoms with Gasteiger partial charge in [0, 0.05) is 30.6 Å². The van der Waals surface area contributed by atoms with Gasteiger partial charge in [-0.3, -0.25) is 0 Å². The molecule has 0 atom stereocenters. The summed E-state index contributed by atoms with van der Waals surface area (Å²) < 4.78 is 28.8. The Balaban J connectivity index is 1.43. The van der Waals surface area contributed by atoms with Crippen molar-refractivity contribution in [1.82, 2.24) is 14.3 Å². The highest BCUT2D eigenvalue weighted by molar-refractivity contribution is 7.87. The SMILES string of the molecule is O=S(=O)(NCc1cccs1)N1CCC(CNC2CC2)CC1. The van der Waals surface area contributed by atoms with Crippen LogP contribution in [-0.4, -0.2) is 38.4 Å². The van der Waals surface area contributed by atoms with Crippen LogP contribution in [0.5, 0.6) is 0 Å². The molecule has 2 heterocycles. The first-order valence-electron chi connectivity index (χ1n) is 7.64. The normalized spacial score (nSPS) is 21.7. The van der Waals surface area contributed by atoms with Gasteiger partial charge in [0.1, 0.15) is 0 Å². The van der Waals surface area contributed by atoms with E-state index in [1.54, 1.807) is 15.6 Å². The second kappa shape index (κ2) is 6.75. The lowest BCUT2D eigenvalue weighted by molar-refractivity contribution is 0.264. The molecule has 21 heavy (non-hydrogen) atoms. The molecule has 2 fully saturated rings. The maximum atomic E-state index is 12.3. The fraction of sp³-hybridized carbons (Fsp3) is 0.714. The molecule has 0 amide bonds. The Morgan fingerprint density at radius 1 is 1.24 bits per heavy atom. The Bertz CT molecular complexity index is 533. The summed E-state index contributed by atoms with van der Waals surface area (Å²) >= 11 is 1.57. The number of piperidine rings is 1. The van der Waals surface area contributed by atoms with Crippen LogP contribution >= 0.6 is 11.3 Å². The van der Waals surface area contributed by atoms with Gasteiger partial charge >= 0.3 is 0 Å². The third-order valence-corrected chi connectivity index (χ3v) is 6.63. The number of nitrogens with one attached hydrogen (secondary N) is 2. The van der Waals surface area contributed by atoms with E-state index in [1.807, 2.05) is 17.5 Å². The number of thiophene rings is 1. The van der Waals surface area contributed by atoms with Crippen molar-refractivity contribution >= 4 is 21.5 Å². The lowest BCUT2D eigenvalue weighted by atomic mass is 9.98. The summed E-state index contributed by atoms with van der Waals surface area (Å²) in [7, 11) is -3.33. The summed E-state index contributed by atoms with van der Waals surface area (Å²) in [4.78, 5) is 1.04. The Hall–Kier alpha value is -0.470. The molecule has 1 aromatic heterocycles. The zero-order chi connectivity index (χ0) is 14.7. The summed E-state index contributed by atoms with van der Waals surface area (Å²) in [6, 6.07) is 4.62. The van der Waals surface area contributed by atoms with Crippen LogP contribution in [0, 0.1) is 5.92 Å². The van der Waals surface area contributed by atoms with Crippen molar-refractivity contribution in [3.05, 3.63) is 22.4 Å². The van der Waals surface area contributed by atoms with E-state index in [0.29, 0.717) is 25.6 Å². The van der Waals surface area contributed by atoms with E-state index in [4.69, 9.17) is 0 Å². The van der Waals surface area contributed by atoms with Gasteiger partial charge in [0.15, 0.2) is 0 Å². The number of hydrogen-bond donors (Lipinski definition) is 2. The van der Waals surface area contributed by atoms with Gasteiger partial charge in [-0.1, -0.05) is 6.07 Å². The maximum absolute atomic E-state index is 12.3. The zero-order valence-electron chi connectivity index (χ0n) is 12.1. The molecule has 5 nitrogen and oxygen atoms in total. The molecule has 0 aromatic carbocycles. The van der Waals surface area contributed by atoms with Crippen molar-refractivity contribution in [3.63, 3.8) is 0 Å². The van der Waals surface area contributed by atoms with E-state index in [1.165, 1.54) is 12.8 Å². The number of hydrogen-bond acceptors (Lipinski definition) is 4. The van der Waals surface area contributed by atoms with Crippen LogP contribution in [0.2, 0.25) is 0 Å². The van der Waals surface area contributed by atoms with Crippen LogP contribution in [0.4, 0.5) is 0 Å². The molecule has 2 N–H and O–H groups in total. The molecule has 1 saturated heterocycles. The molecule has 118 valence electrons. The van der Waals surface area contributed by atoms with Crippen LogP contribution < -0.4 is 10.0 Å². The Morgan fingerprint density at radius 2 is 2.00 bits per heavy atom. The Morgan fingerprint density at radius 3 is 2.62 bits per heavy atom. The van der Waals surface area contributed by atoms with E-state index in [0.717, 1.165) is 30.3 Å². The van der Waals surface area contributed by atoms with Crippen LogP contribution in [0.15, 0.2) is 17.5 Å². The highest BCUT2D eigenvalue weighted by atomic mass is 32.2. The molecular weight excluding hydrogens is 306 g/mol. The first-order valence-corrected chi connectivity index (χ1v) is 9.96. The summed E-state index contributed by atoms with van der Waals surface area (Å²) in [5, 5.41) is 5.50. The molecule has 1 aromatic rings. The van der Waals surface area contributed by atoms with Gasteiger partial charge < -0.3 is 5.32 Å². The summed E-state index contributed by atoms with van der Waals surface area (Å²) in [5.41, 5.74) is 0. The smallest absolute Gasteiger partial charge is 0.279 e. The topological polar surface area (TPSA) is 61.4 Å². The molecule has 2 aliphatic rings. The van der Waals surface area contributed by atoms with Crippen LogP contribution in [0.3, 0.4) is 0 Å². The highest BCUT2D eigenvalue weighted by Crippen LogP contribution is 2.22. The van der Waals surface area contributed by atoms with Crippen LogP contribution in [-0.2, 0) is 16.8 Å². The summed E-state index contributed by atoms with van der Waals surface area (Å²) in [6.07, 6.45) is 4.53. The number of rotatable bonds is 7. The van der Waals surface area contributed by atoms with E-state index < -0.39 is 10.2 Å². The first-order chi connectivity index (χ1) is 10.1. The van der Waals surface area contributed by atoms with Crippen LogP contribution in [0.1, 0.15) is 30.6 Å². The van der Waals surface area contributed by atoms with Crippen molar-refractivity contribution in [2.75, 3.05) is 19.6 Å². The van der Waals surface area contributed by atoms with Gasteiger partial charge in [0.2, 0.25) is 0 Å². The van der Waals surface area contributed by atoms with Crippen molar-refractivity contribution < 1.29 is 8.42 Å². The molecule has 0 radical (unpaired) electrons. The molecule has 1 aliphatic carbocycles. The van der Waals surface area contributed by atoms with E-state index in [-0.39, 0.29) is 0 Å². The predicted octanol–water partition coefficient (Wildman–Crippen LogP) is 1.55. The van der Waals surface area contributed by atoms with Crippen molar-refractivity contribution in [2.24, 2.45) is 5.92 Å². The molecule has 3 rings (SSSR count). The third kappa shape index (κ3) is 4.50. The van der Waals surface area contributed by atoms with Gasteiger partial charge in [-0.25, -0.2) is 0 Å². The molecule has 0 bridgehead atoms. The van der Waals surface area contributed by atoms with Gasteiger partial charge in [0.25, 0.3) is 10.2 Å². The Labute approximate surface area is 130 Å². The molecule has 0 unspecified atom stereocenters. The molecule has 1 saturated carbocycles. The second-order valence-electron chi connectivity index (χ2n) is 5.93. The van der Waals surface area contributed by atoms with E-state index in [2.05, 4.69) is 10.0 Å². The second-order valence-corrected chi connectivity index (χ2v) is 8.72. The minimum absolute atomic E-state index is 0.392. The highest BCUT2D eigenvalue weighted by Gasteiger charge is 2.29. The molecular formula is C14H23N3O2S2. The average Bonchev–Trinajstić information content (AvgIpc) is 3.17.